The molecule has 8 heteroatoms. The molecule has 0 saturated carbocycles. The number of rotatable bonds is 3. The van der Waals surface area contributed by atoms with Crippen molar-refractivity contribution in [3.63, 3.8) is 0 Å². The molecule has 0 radical (unpaired) electrons. The van der Waals surface area contributed by atoms with Gasteiger partial charge in [0.1, 0.15) is 12.0 Å². The van der Waals surface area contributed by atoms with E-state index >= 15 is 0 Å². The molecule has 3 heterocycles. The minimum absolute atomic E-state index is 0.345. The zero-order valence-electron chi connectivity index (χ0n) is 13.9. The Morgan fingerprint density at radius 2 is 2.12 bits per heavy atom. The highest BCUT2D eigenvalue weighted by atomic mass is 35.5. The average Bonchev–Trinajstić information content (AvgIpc) is 2.97. The van der Waals surface area contributed by atoms with Gasteiger partial charge in [0.2, 0.25) is 5.95 Å². The maximum atomic E-state index is 13.8. The van der Waals surface area contributed by atoms with E-state index in [9.17, 15) is 8.78 Å². The second-order valence-electron chi connectivity index (χ2n) is 6.51. The van der Waals surface area contributed by atoms with Crippen molar-refractivity contribution >= 4 is 28.6 Å². The van der Waals surface area contributed by atoms with Crippen LogP contribution in [0, 0.1) is 5.82 Å². The maximum absolute atomic E-state index is 13.8. The molecule has 3 aromatic rings. The third-order valence-electron chi connectivity index (χ3n) is 4.65. The summed E-state index contributed by atoms with van der Waals surface area (Å²) < 4.78 is 29.4. The molecule has 1 saturated heterocycles. The number of aromatic nitrogens is 3. The Hall–Kier alpha value is -2.25. The lowest BCUT2D eigenvalue weighted by Crippen LogP contribution is -2.50. The van der Waals surface area contributed by atoms with Gasteiger partial charge in [0.25, 0.3) is 0 Å². The molecule has 0 spiro atoms. The van der Waals surface area contributed by atoms with Crippen LogP contribution in [-0.2, 0) is 6.54 Å². The van der Waals surface area contributed by atoms with E-state index in [-0.39, 0.29) is 5.82 Å². The van der Waals surface area contributed by atoms with Gasteiger partial charge < -0.3 is 15.2 Å². The molecule has 26 heavy (non-hydrogen) atoms. The Morgan fingerprint density at radius 1 is 1.27 bits per heavy atom. The van der Waals surface area contributed by atoms with Gasteiger partial charge in [-0.1, -0.05) is 11.6 Å². The van der Waals surface area contributed by atoms with E-state index in [1.165, 1.54) is 12.1 Å². The van der Waals surface area contributed by atoms with Crippen LogP contribution in [0.3, 0.4) is 0 Å². The molecular weight excluding hydrogens is 360 g/mol. The molecule has 0 aliphatic carbocycles. The number of nitrogens with zero attached hydrogens (tertiary/aromatic N) is 4. The Labute approximate surface area is 154 Å². The number of imidazole rings is 1. The predicted octanol–water partition coefficient (Wildman–Crippen LogP) is 3.15. The van der Waals surface area contributed by atoms with Gasteiger partial charge in [0.15, 0.2) is 0 Å². The zero-order valence-corrected chi connectivity index (χ0v) is 14.7. The van der Waals surface area contributed by atoms with E-state index in [0.29, 0.717) is 42.5 Å². The van der Waals surface area contributed by atoms with Crippen molar-refractivity contribution in [2.75, 3.05) is 18.0 Å². The highest BCUT2D eigenvalue weighted by Crippen LogP contribution is 2.27. The number of alkyl halides is 1. The summed E-state index contributed by atoms with van der Waals surface area (Å²) in [6.45, 7) is 1.31. The van der Waals surface area contributed by atoms with Crippen molar-refractivity contribution in [3.05, 3.63) is 53.1 Å². The molecule has 2 unspecified atom stereocenters. The summed E-state index contributed by atoms with van der Waals surface area (Å²) in [5.41, 5.74) is 8.03. The average molecular weight is 378 g/mol. The summed E-state index contributed by atoms with van der Waals surface area (Å²) in [4.78, 5) is 10.9. The number of nitrogens with two attached hydrogens (primary N) is 1. The minimum Gasteiger partial charge on any atom is -0.340 e. The van der Waals surface area contributed by atoms with Crippen LogP contribution >= 0.6 is 11.6 Å². The Balaban J connectivity index is 1.76. The Kier molecular flexibility index (Phi) is 4.50. The number of benzene rings is 1. The standard InChI is InChI=1S/C18H18ClF2N5/c19-11-1-3-13(23-8-11)9-26-17-4-2-12(20)7-16(17)24-18(26)25-6-5-14(21)15(22)10-25/h1-4,7-8,14-15H,5-6,9-10,22H2. The number of fused-ring (bicyclic) bond motifs is 1. The smallest absolute Gasteiger partial charge is 0.206 e. The topological polar surface area (TPSA) is 60.0 Å². The summed E-state index contributed by atoms with van der Waals surface area (Å²) in [6.07, 6.45) is 0.914. The van der Waals surface area contributed by atoms with E-state index < -0.39 is 12.2 Å². The number of hydrogen-bond acceptors (Lipinski definition) is 4. The fourth-order valence-corrected chi connectivity index (χ4v) is 3.40. The zero-order chi connectivity index (χ0) is 18.3. The first-order valence-electron chi connectivity index (χ1n) is 8.42. The Bertz CT molecular complexity index is 927. The van der Waals surface area contributed by atoms with E-state index in [4.69, 9.17) is 17.3 Å². The number of piperidine rings is 1. The van der Waals surface area contributed by atoms with E-state index in [1.807, 2.05) is 15.5 Å². The van der Waals surface area contributed by atoms with Crippen LogP contribution in [0.4, 0.5) is 14.7 Å². The number of hydrogen-bond donors (Lipinski definition) is 1. The molecule has 1 aliphatic heterocycles. The Morgan fingerprint density at radius 3 is 2.85 bits per heavy atom. The summed E-state index contributed by atoms with van der Waals surface area (Å²) in [5, 5.41) is 0.558. The van der Waals surface area contributed by atoms with Crippen LogP contribution in [0.1, 0.15) is 12.1 Å². The van der Waals surface area contributed by atoms with E-state index in [1.54, 1.807) is 18.3 Å². The first kappa shape index (κ1) is 17.2. The van der Waals surface area contributed by atoms with Crippen LogP contribution in [0.15, 0.2) is 36.5 Å². The lowest BCUT2D eigenvalue weighted by molar-refractivity contribution is 0.243. The van der Waals surface area contributed by atoms with Gasteiger partial charge in [-0.3, -0.25) is 4.98 Å². The quantitative estimate of drug-likeness (QED) is 0.761. The van der Waals surface area contributed by atoms with Crippen molar-refractivity contribution in [1.29, 1.82) is 0 Å². The number of halogens is 3. The minimum atomic E-state index is -1.01. The van der Waals surface area contributed by atoms with Gasteiger partial charge in [-0.25, -0.2) is 13.8 Å². The molecule has 136 valence electrons. The third-order valence-corrected chi connectivity index (χ3v) is 4.88. The highest BCUT2D eigenvalue weighted by Gasteiger charge is 2.29. The molecule has 1 fully saturated rings. The maximum Gasteiger partial charge on any atom is 0.206 e. The molecule has 2 atom stereocenters. The van der Waals surface area contributed by atoms with Gasteiger partial charge in [-0.05, 0) is 30.7 Å². The molecule has 1 aromatic carbocycles. The molecule has 4 rings (SSSR count). The number of anilines is 1. The predicted molar refractivity (Wildman–Crippen MR) is 97.7 cm³/mol. The second kappa shape index (κ2) is 6.81. The van der Waals surface area contributed by atoms with Crippen LogP contribution in [0.25, 0.3) is 11.0 Å². The van der Waals surface area contributed by atoms with Crippen LogP contribution in [0.2, 0.25) is 5.02 Å². The molecule has 0 bridgehead atoms. The van der Waals surface area contributed by atoms with Crippen molar-refractivity contribution in [3.8, 4) is 0 Å². The lowest BCUT2D eigenvalue weighted by Gasteiger charge is -2.34. The van der Waals surface area contributed by atoms with E-state index in [0.717, 1.165) is 11.2 Å². The van der Waals surface area contributed by atoms with Crippen molar-refractivity contribution in [2.45, 2.75) is 25.2 Å². The van der Waals surface area contributed by atoms with Gasteiger partial charge in [0, 0.05) is 25.4 Å². The first-order chi connectivity index (χ1) is 12.5. The van der Waals surface area contributed by atoms with Gasteiger partial charge in [-0.2, -0.15) is 0 Å². The largest absolute Gasteiger partial charge is 0.340 e. The SMILES string of the molecule is NC1CN(c2nc3cc(F)ccc3n2Cc2ccc(Cl)cn2)CCC1F. The summed E-state index contributed by atoms with van der Waals surface area (Å²) in [5.74, 6) is 0.294. The van der Waals surface area contributed by atoms with E-state index in [2.05, 4.69) is 9.97 Å². The molecule has 0 amide bonds. The van der Waals surface area contributed by atoms with Crippen molar-refractivity contribution in [2.24, 2.45) is 5.73 Å². The summed E-state index contributed by atoms with van der Waals surface area (Å²) in [7, 11) is 0. The fraction of sp³-hybridized carbons (Fsp3) is 0.333. The second-order valence-corrected chi connectivity index (χ2v) is 6.95. The van der Waals surface area contributed by atoms with Gasteiger partial charge >= 0.3 is 0 Å². The molecular formula is C18H18ClF2N5. The molecule has 2 N–H and O–H groups in total. The van der Waals surface area contributed by atoms with Crippen LogP contribution < -0.4 is 10.6 Å². The first-order valence-corrected chi connectivity index (χ1v) is 8.80. The van der Waals surface area contributed by atoms with Crippen molar-refractivity contribution in [1.82, 2.24) is 14.5 Å². The molecule has 2 aromatic heterocycles. The highest BCUT2D eigenvalue weighted by molar-refractivity contribution is 6.30. The molecule has 5 nitrogen and oxygen atoms in total. The summed E-state index contributed by atoms with van der Waals surface area (Å²) >= 11 is 5.91. The third kappa shape index (κ3) is 3.24. The molecule has 1 aliphatic rings. The van der Waals surface area contributed by atoms with Crippen molar-refractivity contribution < 1.29 is 8.78 Å². The monoisotopic (exact) mass is 377 g/mol. The number of pyridine rings is 1. The van der Waals surface area contributed by atoms with Crippen LogP contribution in [-0.4, -0.2) is 39.8 Å². The fourth-order valence-electron chi connectivity index (χ4n) is 3.28. The normalized spacial score (nSPS) is 20.7. The lowest BCUT2D eigenvalue weighted by atomic mass is 10.1. The summed E-state index contributed by atoms with van der Waals surface area (Å²) in [6, 6.07) is 7.53. The van der Waals surface area contributed by atoms with Gasteiger partial charge in [-0.15, -0.1) is 0 Å². The van der Waals surface area contributed by atoms with Crippen LogP contribution in [0.5, 0.6) is 0 Å². The van der Waals surface area contributed by atoms with Gasteiger partial charge in [0.05, 0.1) is 34.3 Å².